The van der Waals surface area contributed by atoms with Crippen LogP contribution in [0.15, 0.2) is 12.3 Å². The Balaban J connectivity index is 2.83. The number of hydrogen-bond acceptors (Lipinski definition) is 3. The van der Waals surface area contributed by atoms with Gasteiger partial charge in [0.1, 0.15) is 11.2 Å². The van der Waals surface area contributed by atoms with Crippen LogP contribution in [0.5, 0.6) is 0 Å². The molecule has 5 heteroatoms. The molecule has 0 saturated heterocycles. The first-order valence-electron chi connectivity index (χ1n) is 4.89. The number of pyridine rings is 1. The zero-order valence-corrected chi connectivity index (χ0v) is 9.40. The van der Waals surface area contributed by atoms with Gasteiger partial charge < -0.3 is 15.0 Å². The fourth-order valence-electron chi connectivity index (χ4n) is 1.83. The fourth-order valence-corrected chi connectivity index (χ4v) is 1.83. The molecule has 0 fully saturated rings. The van der Waals surface area contributed by atoms with Crippen molar-refractivity contribution in [3.8, 4) is 0 Å². The van der Waals surface area contributed by atoms with Crippen LogP contribution in [-0.2, 0) is 0 Å². The van der Waals surface area contributed by atoms with Gasteiger partial charge in [-0.1, -0.05) is 0 Å². The number of nitrogens with zero attached hydrogens (tertiary/aromatic N) is 2. The third-order valence-corrected chi connectivity index (χ3v) is 2.44. The van der Waals surface area contributed by atoms with E-state index in [1.807, 2.05) is 27.1 Å². The summed E-state index contributed by atoms with van der Waals surface area (Å²) < 4.78 is 0. The molecule has 0 bridgehead atoms. The maximum Gasteiger partial charge on any atom is 0.339 e. The predicted molar refractivity (Wildman–Crippen MR) is 62.1 cm³/mol. The molecular formula is C11H13N3O2. The molecule has 84 valence electrons. The molecule has 0 spiro atoms. The minimum Gasteiger partial charge on any atom is -0.478 e. The number of nitrogens with one attached hydrogen (secondary N) is 1. The quantitative estimate of drug-likeness (QED) is 0.805. The number of carbonyl (C=O) groups is 1. The van der Waals surface area contributed by atoms with E-state index in [4.69, 9.17) is 5.11 Å². The number of aromatic carboxylic acids is 1. The highest BCUT2D eigenvalue weighted by Crippen LogP contribution is 2.28. The lowest BCUT2D eigenvalue weighted by Crippen LogP contribution is -2.14. The summed E-state index contributed by atoms with van der Waals surface area (Å²) in [7, 11) is 3.65. The lowest BCUT2D eigenvalue weighted by molar-refractivity contribution is 0.0697. The largest absolute Gasteiger partial charge is 0.478 e. The van der Waals surface area contributed by atoms with Crippen molar-refractivity contribution in [2.24, 2.45) is 0 Å². The lowest BCUT2D eigenvalue weighted by Gasteiger charge is -2.16. The number of carboxylic acids is 1. The van der Waals surface area contributed by atoms with E-state index in [0.717, 1.165) is 11.1 Å². The molecule has 2 aromatic rings. The van der Waals surface area contributed by atoms with Gasteiger partial charge in [-0.05, 0) is 13.0 Å². The van der Waals surface area contributed by atoms with E-state index in [1.165, 1.54) is 6.20 Å². The summed E-state index contributed by atoms with van der Waals surface area (Å²) in [5.41, 5.74) is 2.58. The molecular weight excluding hydrogens is 206 g/mol. The number of carboxylic acid groups (broad SMARTS) is 1. The summed E-state index contributed by atoms with van der Waals surface area (Å²) in [6, 6.07) is 1.91. The number of fused-ring (bicyclic) bond motifs is 1. The highest BCUT2D eigenvalue weighted by Gasteiger charge is 2.17. The molecule has 0 saturated carbocycles. The van der Waals surface area contributed by atoms with E-state index in [-0.39, 0.29) is 5.56 Å². The van der Waals surface area contributed by atoms with Crippen LogP contribution in [0.1, 0.15) is 16.1 Å². The fraction of sp³-hybridized carbons (Fsp3) is 0.273. The molecule has 2 aromatic heterocycles. The van der Waals surface area contributed by atoms with E-state index in [1.54, 1.807) is 4.90 Å². The van der Waals surface area contributed by atoms with Crippen molar-refractivity contribution >= 4 is 22.7 Å². The summed E-state index contributed by atoms with van der Waals surface area (Å²) in [6.45, 7) is 1.92. The Hall–Kier alpha value is -2.04. The van der Waals surface area contributed by atoms with Crippen LogP contribution in [0, 0.1) is 6.92 Å². The van der Waals surface area contributed by atoms with Crippen LogP contribution in [0.25, 0.3) is 11.0 Å². The van der Waals surface area contributed by atoms with Gasteiger partial charge in [0.25, 0.3) is 0 Å². The maximum absolute atomic E-state index is 11.1. The van der Waals surface area contributed by atoms with Gasteiger partial charge in [0.15, 0.2) is 0 Å². The number of aromatic amines is 1. The second-order valence-electron chi connectivity index (χ2n) is 3.93. The van der Waals surface area contributed by atoms with Crippen molar-refractivity contribution in [3.63, 3.8) is 0 Å². The maximum atomic E-state index is 11.1. The van der Waals surface area contributed by atoms with Gasteiger partial charge >= 0.3 is 5.97 Å². The molecule has 0 aromatic carbocycles. The molecule has 2 rings (SSSR count). The van der Waals surface area contributed by atoms with Crippen molar-refractivity contribution in [1.29, 1.82) is 0 Å². The van der Waals surface area contributed by atoms with Gasteiger partial charge in [-0.2, -0.15) is 0 Å². The average Bonchev–Trinajstić information content (AvgIpc) is 2.55. The summed E-state index contributed by atoms with van der Waals surface area (Å²) in [5.74, 6) is -0.961. The number of hydrogen-bond donors (Lipinski definition) is 2. The van der Waals surface area contributed by atoms with Gasteiger partial charge in [0.2, 0.25) is 0 Å². The molecule has 5 nitrogen and oxygen atoms in total. The minimum absolute atomic E-state index is 0.219. The SMILES string of the molecule is Cc1cc2c(N(C)C)c(C(=O)O)cnc2[nH]1. The van der Waals surface area contributed by atoms with Crippen molar-refractivity contribution in [2.75, 3.05) is 19.0 Å². The molecule has 0 atom stereocenters. The lowest BCUT2D eigenvalue weighted by atomic mass is 10.1. The van der Waals surface area contributed by atoms with Crippen molar-refractivity contribution < 1.29 is 9.90 Å². The van der Waals surface area contributed by atoms with Crippen LogP contribution in [-0.4, -0.2) is 35.1 Å². The van der Waals surface area contributed by atoms with Gasteiger partial charge in [-0.3, -0.25) is 0 Å². The summed E-state index contributed by atoms with van der Waals surface area (Å²) in [4.78, 5) is 20.1. The van der Waals surface area contributed by atoms with Crippen molar-refractivity contribution in [2.45, 2.75) is 6.92 Å². The summed E-state index contributed by atoms with van der Waals surface area (Å²) in [5, 5.41) is 9.94. The predicted octanol–water partition coefficient (Wildman–Crippen LogP) is 1.64. The summed E-state index contributed by atoms with van der Waals surface area (Å²) in [6.07, 6.45) is 1.38. The monoisotopic (exact) mass is 219 g/mol. The van der Waals surface area contributed by atoms with Gasteiger partial charge in [-0.15, -0.1) is 0 Å². The molecule has 16 heavy (non-hydrogen) atoms. The van der Waals surface area contributed by atoms with Gasteiger partial charge in [-0.25, -0.2) is 9.78 Å². The van der Waals surface area contributed by atoms with Gasteiger partial charge in [0.05, 0.1) is 5.69 Å². The van der Waals surface area contributed by atoms with E-state index < -0.39 is 5.97 Å². The zero-order valence-electron chi connectivity index (χ0n) is 9.40. The molecule has 0 aliphatic heterocycles. The van der Waals surface area contributed by atoms with Crippen LogP contribution >= 0.6 is 0 Å². The number of H-pyrrole nitrogens is 1. The Kier molecular flexibility index (Phi) is 2.30. The standard InChI is InChI=1S/C11H13N3O2/c1-6-4-7-9(14(2)3)8(11(15)16)5-12-10(7)13-6/h4-5H,1-3H3,(H,12,13)(H,15,16). The van der Waals surface area contributed by atoms with Gasteiger partial charge in [0, 0.05) is 31.4 Å². The third-order valence-electron chi connectivity index (χ3n) is 2.44. The Morgan fingerprint density at radius 2 is 2.19 bits per heavy atom. The molecule has 0 aliphatic carbocycles. The average molecular weight is 219 g/mol. The smallest absolute Gasteiger partial charge is 0.339 e. The number of aromatic nitrogens is 2. The van der Waals surface area contributed by atoms with Crippen LogP contribution in [0.2, 0.25) is 0 Å². The Morgan fingerprint density at radius 3 is 2.75 bits per heavy atom. The topological polar surface area (TPSA) is 69.2 Å². The van der Waals surface area contributed by atoms with Crippen molar-refractivity contribution in [3.05, 3.63) is 23.5 Å². The molecule has 0 radical (unpaired) electrons. The first-order chi connectivity index (χ1) is 7.50. The van der Waals surface area contributed by atoms with E-state index in [9.17, 15) is 4.79 Å². The highest BCUT2D eigenvalue weighted by molar-refractivity contribution is 6.04. The van der Waals surface area contributed by atoms with Crippen LogP contribution < -0.4 is 4.90 Å². The Morgan fingerprint density at radius 1 is 1.50 bits per heavy atom. The normalized spacial score (nSPS) is 10.7. The van der Waals surface area contributed by atoms with E-state index >= 15 is 0 Å². The van der Waals surface area contributed by atoms with E-state index in [0.29, 0.717) is 11.3 Å². The number of aryl methyl sites for hydroxylation is 1. The first-order valence-corrected chi connectivity index (χ1v) is 4.89. The Labute approximate surface area is 92.7 Å². The molecule has 0 amide bonds. The number of rotatable bonds is 2. The second-order valence-corrected chi connectivity index (χ2v) is 3.93. The van der Waals surface area contributed by atoms with Crippen LogP contribution in [0.4, 0.5) is 5.69 Å². The third kappa shape index (κ3) is 1.50. The molecule has 2 heterocycles. The van der Waals surface area contributed by atoms with Crippen LogP contribution in [0.3, 0.4) is 0 Å². The molecule has 0 aliphatic rings. The summed E-state index contributed by atoms with van der Waals surface area (Å²) >= 11 is 0. The molecule has 0 unspecified atom stereocenters. The van der Waals surface area contributed by atoms with E-state index in [2.05, 4.69) is 9.97 Å². The second kappa shape index (κ2) is 3.52. The first kappa shape index (κ1) is 10.5. The zero-order chi connectivity index (χ0) is 11.9. The number of anilines is 1. The molecule has 2 N–H and O–H groups in total. The highest BCUT2D eigenvalue weighted by atomic mass is 16.4. The minimum atomic E-state index is -0.961. The Bertz CT molecular complexity index is 558. The van der Waals surface area contributed by atoms with Crippen molar-refractivity contribution in [1.82, 2.24) is 9.97 Å².